The molecule has 1 fully saturated rings. The van der Waals surface area contributed by atoms with Gasteiger partial charge in [0.1, 0.15) is 0 Å². The first-order valence-electron chi connectivity index (χ1n) is 8.44. The molecule has 1 N–H and O–H groups in total. The Balaban J connectivity index is 1.67. The number of carbonyl (C=O) groups is 2. The van der Waals surface area contributed by atoms with E-state index in [4.69, 9.17) is 4.74 Å². The third kappa shape index (κ3) is 2.65. The average molecular weight is 340 g/mol. The molecule has 2 aromatic rings. The first-order chi connectivity index (χ1) is 12.0. The fraction of sp³-hybridized carbons (Fsp3) is 0.389. The molecule has 2 atom stereocenters. The molecule has 1 aromatic heterocycles. The highest BCUT2D eigenvalue weighted by molar-refractivity contribution is 6.04. The van der Waals surface area contributed by atoms with Crippen molar-refractivity contribution in [1.82, 2.24) is 14.7 Å². The van der Waals surface area contributed by atoms with E-state index in [1.165, 1.54) is 0 Å². The van der Waals surface area contributed by atoms with Crippen LogP contribution in [-0.2, 0) is 11.8 Å². The van der Waals surface area contributed by atoms with Gasteiger partial charge >= 0.3 is 0 Å². The van der Waals surface area contributed by atoms with E-state index >= 15 is 0 Å². The van der Waals surface area contributed by atoms with Crippen LogP contribution in [0.5, 0.6) is 5.75 Å². The lowest BCUT2D eigenvalue weighted by Crippen LogP contribution is -2.36. The van der Waals surface area contributed by atoms with Crippen LogP contribution in [0.25, 0.3) is 0 Å². The van der Waals surface area contributed by atoms with Crippen molar-refractivity contribution in [3.63, 3.8) is 0 Å². The number of benzene rings is 1. The van der Waals surface area contributed by atoms with E-state index in [1.807, 2.05) is 24.3 Å². The van der Waals surface area contributed by atoms with E-state index in [2.05, 4.69) is 10.4 Å². The number of aryl methyl sites for hydroxylation is 1. The Kier molecular flexibility index (Phi) is 3.71. The van der Waals surface area contributed by atoms with Crippen LogP contribution in [0.1, 0.15) is 41.7 Å². The second-order valence-electron chi connectivity index (χ2n) is 6.54. The van der Waals surface area contributed by atoms with Crippen LogP contribution in [-0.4, -0.2) is 39.1 Å². The topological polar surface area (TPSA) is 76.5 Å². The summed E-state index contributed by atoms with van der Waals surface area (Å²) in [5, 5.41) is 7.02. The van der Waals surface area contributed by atoms with Gasteiger partial charge in [-0.3, -0.25) is 14.3 Å². The number of carbonyl (C=O) groups excluding carboxylic acids is 2. The second kappa shape index (κ2) is 5.91. The van der Waals surface area contributed by atoms with Crippen molar-refractivity contribution in [2.75, 3.05) is 11.9 Å². The zero-order valence-electron chi connectivity index (χ0n) is 14.2. The monoisotopic (exact) mass is 340 g/mol. The zero-order chi connectivity index (χ0) is 17.6. The van der Waals surface area contributed by atoms with Crippen molar-refractivity contribution in [2.45, 2.75) is 31.9 Å². The summed E-state index contributed by atoms with van der Waals surface area (Å²) in [5.41, 5.74) is 2.08. The minimum absolute atomic E-state index is 0.0210. The molecule has 0 saturated carbocycles. The number of likely N-dealkylation sites (tertiary alicyclic amines) is 1. The Morgan fingerprint density at radius 1 is 1.40 bits per heavy atom. The highest BCUT2D eigenvalue weighted by Gasteiger charge is 2.35. The molecule has 1 aromatic carbocycles. The summed E-state index contributed by atoms with van der Waals surface area (Å²) < 4.78 is 7.48. The Bertz CT molecular complexity index is 845. The molecule has 2 amide bonds. The summed E-state index contributed by atoms with van der Waals surface area (Å²) in [5.74, 6) is 0.175. The number of ether oxygens (including phenoxy) is 1. The minimum atomic E-state index is -0.617. The summed E-state index contributed by atoms with van der Waals surface area (Å²) in [4.78, 5) is 26.9. The molecule has 7 nitrogen and oxygen atoms in total. The normalized spacial score (nSPS) is 22.3. The molecule has 7 heteroatoms. The van der Waals surface area contributed by atoms with E-state index in [9.17, 15) is 9.59 Å². The van der Waals surface area contributed by atoms with Crippen LogP contribution in [0.2, 0.25) is 0 Å². The number of fused-ring (bicyclic) bond motifs is 1. The van der Waals surface area contributed by atoms with Crippen molar-refractivity contribution < 1.29 is 14.3 Å². The Morgan fingerprint density at radius 3 is 3.00 bits per heavy atom. The summed E-state index contributed by atoms with van der Waals surface area (Å²) in [6, 6.07) is 5.29. The lowest BCUT2D eigenvalue weighted by atomic mass is 10.1. The van der Waals surface area contributed by atoms with Crippen molar-refractivity contribution >= 4 is 17.5 Å². The predicted molar refractivity (Wildman–Crippen MR) is 91.4 cm³/mol. The molecule has 0 unspecified atom stereocenters. The van der Waals surface area contributed by atoms with Crippen LogP contribution in [0.4, 0.5) is 5.69 Å². The summed E-state index contributed by atoms with van der Waals surface area (Å²) in [6.45, 7) is 2.37. The molecule has 4 rings (SSSR count). The highest BCUT2D eigenvalue weighted by Crippen LogP contribution is 2.38. The molecule has 0 spiro atoms. The van der Waals surface area contributed by atoms with Gasteiger partial charge in [0.15, 0.2) is 11.9 Å². The number of aromatic nitrogens is 2. The van der Waals surface area contributed by atoms with Crippen molar-refractivity contribution in [3.05, 3.63) is 41.7 Å². The molecule has 2 aliphatic heterocycles. The summed E-state index contributed by atoms with van der Waals surface area (Å²) in [6.07, 6.45) is 5.02. The van der Waals surface area contributed by atoms with Crippen LogP contribution in [0, 0.1) is 0 Å². The number of anilines is 1. The minimum Gasteiger partial charge on any atom is -0.478 e. The number of nitrogens with zero attached hydrogens (tertiary/aromatic N) is 3. The van der Waals surface area contributed by atoms with Crippen LogP contribution in [0.3, 0.4) is 0 Å². The number of nitrogens with one attached hydrogen (secondary N) is 1. The van der Waals surface area contributed by atoms with Gasteiger partial charge in [0.05, 0.1) is 23.5 Å². The summed E-state index contributed by atoms with van der Waals surface area (Å²) >= 11 is 0. The standard InChI is InChI=1S/C18H20N4O3/c1-11-17(23)20-14-6-3-5-13(16(14)25-11)18(24)22-8-4-7-15(22)12-9-19-21(2)10-12/h3,5-6,9-11,15H,4,7-8H2,1-2H3,(H,20,23)/t11-,15-/m1/s1. The fourth-order valence-corrected chi connectivity index (χ4v) is 3.52. The van der Waals surface area contributed by atoms with E-state index in [0.717, 1.165) is 18.4 Å². The molecular formula is C18H20N4O3. The van der Waals surface area contributed by atoms with Gasteiger partial charge in [-0.25, -0.2) is 0 Å². The molecule has 0 bridgehead atoms. The predicted octanol–water partition coefficient (Wildman–Crippen LogP) is 2.12. The third-order valence-electron chi connectivity index (χ3n) is 4.79. The Morgan fingerprint density at radius 2 is 2.24 bits per heavy atom. The van der Waals surface area contributed by atoms with Gasteiger partial charge in [-0.15, -0.1) is 0 Å². The SMILES string of the molecule is C[C@H]1Oc2c(cccc2C(=O)N2CCC[C@@H]2c2cnn(C)c2)NC1=O. The lowest BCUT2D eigenvalue weighted by molar-refractivity contribution is -0.122. The lowest BCUT2D eigenvalue weighted by Gasteiger charge is -2.28. The van der Waals surface area contributed by atoms with Crippen molar-refractivity contribution in [1.29, 1.82) is 0 Å². The largest absolute Gasteiger partial charge is 0.478 e. The molecule has 0 radical (unpaired) electrons. The van der Waals surface area contributed by atoms with Crippen LogP contribution < -0.4 is 10.1 Å². The molecule has 0 aliphatic carbocycles. The highest BCUT2D eigenvalue weighted by atomic mass is 16.5. The Hall–Kier alpha value is -2.83. The average Bonchev–Trinajstić information content (AvgIpc) is 3.23. The maximum atomic E-state index is 13.2. The third-order valence-corrected chi connectivity index (χ3v) is 4.79. The van der Waals surface area contributed by atoms with Gasteiger partial charge < -0.3 is 15.0 Å². The molecule has 1 saturated heterocycles. The quantitative estimate of drug-likeness (QED) is 0.908. The number of amides is 2. The van der Waals surface area contributed by atoms with E-state index in [-0.39, 0.29) is 17.9 Å². The van der Waals surface area contributed by atoms with Gasteiger partial charge in [0, 0.05) is 25.4 Å². The zero-order valence-corrected chi connectivity index (χ0v) is 14.2. The molecular weight excluding hydrogens is 320 g/mol. The number of hydrogen-bond acceptors (Lipinski definition) is 4. The second-order valence-corrected chi connectivity index (χ2v) is 6.54. The van der Waals surface area contributed by atoms with Gasteiger partial charge in [-0.2, -0.15) is 5.10 Å². The molecule has 25 heavy (non-hydrogen) atoms. The first-order valence-corrected chi connectivity index (χ1v) is 8.44. The van der Waals surface area contributed by atoms with Crippen molar-refractivity contribution in [2.24, 2.45) is 7.05 Å². The van der Waals surface area contributed by atoms with E-state index < -0.39 is 6.10 Å². The Labute approximate surface area is 145 Å². The molecule has 130 valence electrons. The van der Waals surface area contributed by atoms with Gasteiger partial charge in [0.25, 0.3) is 11.8 Å². The first kappa shape index (κ1) is 15.7. The molecule has 2 aliphatic rings. The number of para-hydroxylation sites is 1. The van der Waals surface area contributed by atoms with Gasteiger partial charge in [-0.1, -0.05) is 6.07 Å². The van der Waals surface area contributed by atoms with Crippen LogP contribution in [0.15, 0.2) is 30.6 Å². The summed E-state index contributed by atoms with van der Waals surface area (Å²) in [7, 11) is 1.87. The van der Waals surface area contributed by atoms with Gasteiger partial charge in [-0.05, 0) is 31.9 Å². The maximum absolute atomic E-state index is 13.2. The van der Waals surface area contributed by atoms with Gasteiger partial charge in [0.2, 0.25) is 0 Å². The molecule has 3 heterocycles. The van der Waals surface area contributed by atoms with E-state index in [0.29, 0.717) is 23.5 Å². The maximum Gasteiger partial charge on any atom is 0.265 e. The van der Waals surface area contributed by atoms with E-state index in [1.54, 1.807) is 29.8 Å². The fourth-order valence-electron chi connectivity index (χ4n) is 3.52. The number of hydrogen-bond donors (Lipinski definition) is 1. The number of rotatable bonds is 2. The smallest absolute Gasteiger partial charge is 0.265 e. The van der Waals surface area contributed by atoms with Crippen molar-refractivity contribution in [3.8, 4) is 5.75 Å². The van der Waals surface area contributed by atoms with Crippen LogP contribution >= 0.6 is 0 Å².